The number of likely N-dealkylation sites (tertiary alicyclic amines) is 1. The van der Waals surface area contributed by atoms with Gasteiger partial charge in [0, 0.05) is 44.6 Å². The number of amidine groups is 1. The molecule has 1 saturated heterocycles. The van der Waals surface area contributed by atoms with Gasteiger partial charge in [-0.2, -0.15) is 5.10 Å². The van der Waals surface area contributed by atoms with Crippen LogP contribution in [0.4, 0.5) is 0 Å². The molecule has 0 N–H and O–H groups in total. The Hall–Kier alpha value is -3.48. The van der Waals surface area contributed by atoms with Gasteiger partial charge in [-0.25, -0.2) is 0 Å². The molecule has 2 aliphatic heterocycles. The normalized spacial score (nSPS) is 18.0. The molecular formula is C25H27N5O2. The summed E-state index contributed by atoms with van der Waals surface area (Å²) >= 11 is 0. The lowest BCUT2D eigenvalue weighted by Gasteiger charge is -2.35. The number of hydrogen-bond acceptors (Lipinski definition) is 4. The number of hydrogen-bond donors (Lipinski definition) is 0. The van der Waals surface area contributed by atoms with E-state index in [2.05, 4.69) is 35.4 Å². The van der Waals surface area contributed by atoms with Gasteiger partial charge in [-0.3, -0.25) is 24.2 Å². The number of nitrogens with zero attached hydrogens (tertiary/aromatic N) is 5. The van der Waals surface area contributed by atoms with Crippen molar-refractivity contribution in [2.24, 2.45) is 12.0 Å². The molecule has 2 amide bonds. The molecule has 2 aliphatic rings. The Kier molecular flexibility index (Phi) is 4.84. The van der Waals surface area contributed by atoms with Crippen LogP contribution >= 0.6 is 0 Å². The summed E-state index contributed by atoms with van der Waals surface area (Å²) in [6, 6.07) is 14.6. The summed E-state index contributed by atoms with van der Waals surface area (Å²) in [5.74, 6) is 0.856. The Labute approximate surface area is 187 Å². The smallest absolute Gasteiger partial charge is 0.256 e. The Balaban J connectivity index is 1.44. The summed E-state index contributed by atoms with van der Waals surface area (Å²) in [6.45, 7) is 5.29. The number of carbonyl (C=O) groups excluding carboxylic acids is 2. The van der Waals surface area contributed by atoms with E-state index in [4.69, 9.17) is 4.99 Å². The molecule has 5 rings (SSSR count). The minimum atomic E-state index is -0.735. The molecule has 2 aromatic carbocycles. The second kappa shape index (κ2) is 7.58. The van der Waals surface area contributed by atoms with Crippen LogP contribution in [0.3, 0.4) is 0 Å². The molecule has 32 heavy (non-hydrogen) atoms. The van der Waals surface area contributed by atoms with Crippen molar-refractivity contribution in [1.29, 1.82) is 0 Å². The van der Waals surface area contributed by atoms with Gasteiger partial charge in [-0.15, -0.1) is 0 Å². The van der Waals surface area contributed by atoms with Gasteiger partial charge in [0.25, 0.3) is 5.91 Å². The van der Waals surface area contributed by atoms with Gasteiger partial charge in [-0.1, -0.05) is 30.3 Å². The van der Waals surface area contributed by atoms with E-state index in [1.54, 1.807) is 16.7 Å². The minimum Gasteiger partial charge on any atom is -0.343 e. The first-order valence-electron chi connectivity index (χ1n) is 11.1. The number of fused-ring (bicyclic) bond motifs is 1. The molecule has 0 bridgehead atoms. The molecule has 0 unspecified atom stereocenters. The summed E-state index contributed by atoms with van der Waals surface area (Å²) in [5, 5.41) is 5.43. The zero-order valence-electron chi connectivity index (χ0n) is 18.7. The number of rotatable bonds is 3. The first-order chi connectivity index (χ1) is 15.4. The average molecular weight is 430 g/mol. The maximum Gasteiger partial charge on any atom is 0.256 e. The SMILES string of the molecule is CCN1C(=O)C2(CCN(C(C)=O)CC2)N=C1c1ccc(-c2ccc3c(cnn3C)c2)cc1. The van der Waals surface area contributed by atoms with Crippen molar-refractivity contribution in [1.82, 2.24) is 19.6 Å². The average Bonchev–Trinajstić information content (AvgIpc) is 3.31. The van der Waals surface area contributed by atoms with Crippen LogP contribution in [-0.4, -0.2) is 62.4 Å². The molecule has 0 aliphatic carbocycles. The number of likely N-dealkylation sites (N-methyl/N-ethyl adjacent to an activating group) is 1. The Morgan fingerprint density at radius 2 is 1.69 bits per heavy atom. The third-order valence-electron chi connectivity index (χ3n) is 6.79. The van der Waals surface area contributed by atoms with E-state index in [9.17, 15) is 9.59 Å². The van der Waals surface area contributed by atoms with Crippen molar-refractivity contribution in [3.63, 3.8) is 0 Å². The van der Waals surface area contributed by atoms with Crippen LogP contribution in [0, 0.1) is 0 Å². The van der Waals surface area contributed by atoms with Gasteiger partial charge in [0.2, 0.25) is 5.91 Å². The Bertz CT molecular complexity index is 1230. The lowest BCUT2D eigenvalue weighted by molar-refractivity contribution is -0.137. The van der Waals surface area contributed by atoms with E-state index in [1.807, 2.05) is 37.0 Å². The summed E-state index contributed by atoms with van der Waals surface area (Å²) in [7, 11) is 1.94. The molecular weight excluding hydrogens is 402 g/mol. The summed E-state index contributed by atoms with van der Waals surface area (Å²) in [6.07, 6.45) is 3.03. The number of aliphatic imine (C=N–C) groups is 1. The Morgan fingerprint density at radius 1 is 1.03 bits per heavy atom. The summed E-state index contributed by atoms with van der Waals surface area (Å²) in [5.41, 5.74) is 3.54. The van der Waals surface area contributed by atoms with Crippen molar-refractivity contribution in [3.05, 3.63) is 54.2 Å². The number of benzene rings is 2. The number of aryl methyl sites for hydroxylation is 1. The van der Waals surface area contributed by atoms with Crippen molar-refractivity contribution >= 4 is 28.6 Å². The van der Waals surface area contributed by atoms with E-state index < -0.39 is 5.54 Å². The highest BCUT2D eigenvalue weighted by atomic mass is 16.2. The molecule has 0 atom stereocenters. The summed E-state index contributed by atoms with van der Waals surface area (Å²) < 4.78 is 1.87. The fraction of sp³-hybridized carbons (Fsp3) is 0.360. The maximum atomic E-state index is 13.3. The minimum absolute atomic E-state index is 0.0573. The molecule has 1 fully saturated rings. The summed E-state index contributed by atoms with van der Waals surface area (Å²) in [4.78, 5) is 33.6. The highest BCUT2D eigenvalue weighted by Crippen LogP contribution is 2.35. The molecule has 1 spiro atoms. The fourth-order valence-corrected chi connectivity index (χ4v) is 4.84. The quantitative estimate of drug-likeness (QED) is 0.642. The largest absolute Gasteiger partial charge is 0.343 e. The molecule has 0 saturated carbocycles. The first-order valence-corrected chi connectivity index (χ1v) is 11.1. The van der Waals surface area contributed by atoms with E-state index in [1.165, 1.54) is 0 Å². The molecule has 0 radical (unpaired) electrons. The second-order valence-corrected chi connectivity index (χ2v) is 8.64. The topological polar surface area (TPSA) is 70.8 Å². The molecule has 3 heterocycles. The first kappa shape index (κ1) is 20.4. The van der Waals surface area contributed by atoms with Gasteiger partial charge >= 0.3 is 0 Å². The highest BCUT2D eigenvalue weighted by Gasteiger charge is 2.49. The lowest BCUT2D eigenvalue weighted by Crippen LogP contribution is -2.51. The zero-order valence-corrected chi connectivity index (χ0v) is 18.7. The number of amides is 2. The monoisotopic (exact) mass is 429 g/mol. The van der Waals surface area contributed by atoms with Gasteiger partial charge in [0.1, 0.15) is 11.4 Å². The molecule has 164 valence electrons. The predicted octanol–water partition coefficient (Wildman–Crippen LogP) is 3.23. The van der Waals surface area contributed by atoms with Crippen LogP contribution in [0.5, 0.6) is 0 Å². The van der Waals surface area contributed by atoms with Crippen LogP contribution in [0.2, 0.25) is 0 Å². The highest BCUT2D eigenvalue weighted by molar-refractivity contribution is 6.15. The van der Waals surface area contributed by atoms with Crippen molar-refractivity contribution < 1.29 is 9.59 Å². The van der Waals surface area contributed by atoms with Crippen LogP contribution in [0.25, 0.3) is 22.0 Å². The van der Waals surface area contributed by atoms with Crippen LogP contribution < -0.4 is 0 Å². The molecule has 7 nitrogen and oxygen atoms in total. The van der Waals surface area contributed by atoms with Gasteiger partial charge in [-0.05, 0) is 43.0 Å². The lowest BCUT2D eigenvalue weighted by atomic mass is 9.87. The van der Waals surface area contributed by atoms with E-state index in [0.717, 1.165) is 33.4 Å². The zero-order chi connectivity index (χ0) is 22.5. The van der Waals surface area contributed by atoms with Gasteiger partial charge in [0.05, 0.1) is 11.7 Å². The van der Waals surface area contributed by atoms with Gasteiger partial charge in [0.15, 0.2) is 0 Å². The molecule has 3 aromatic rings. The number of piperidine rings is 1. The molecule has 7 heteroatoms. The third-order valence-corrected chi connectivity index (χ3v) is 6.79. The standard InChI is InChI=1S/C25H27N5O2/c1-4-30-23(27-25(24(30)32)11-13-29(14-12-25)17(2)31)19-7-5-18(6-8-19)20-9-10-22-21(15-20)16-26-28(22)3/h5-10,15-16H,4,11-14H2,1-3H3. The van der Waals surface area contributed by atoms with E-state index in [-0.39, 0.29) is 11.8 Å². The second-order valence-electron chi connectivity index (χ2n) is 8.64. The van der Waals surface area contributed by atoms with Crippen LogP contribution in [-0.2, 0) is 16.6 Å². The van der Waals surface area contributed by atoms with Crippen molar-refractivity contribution in [2.45, 2.75) is 32.2 Å². The third kappa shape index (κ3) is 3.20. The van der Waals surface area contributed by atoms with Gasteiger partial charge < -0.3 is 4.90 Å². The van der Waals surface area contributed by atoms with Crippen LogP contribution in [0.15, 0.2) is 53.7 Å². The van der Waals surface area contributed by atoms with E-state index >= 15 is 0 Å². The van der Waals surface area contributed by atoms with E-state index in [0.29, 0.717) is 32.5 Å². The number of carbonyl (C=O) groups is 2. The Morgan fingerprint density at radius 3 is 2.34 bits per heavy atom. The molecule has 1 aromatic heterocycles. The van der Waals surface area contributed by atoms with Crippen LogP contribution in [0.1, 0.15) is 32.3 Å². The van der Waals surface area contributed by atoms with Crippen molar-refractivity contribution in [2.75, 3.05) is 19.6 Å². The maximum absolute atomic E-state index is 13.3. The van der Waals surface area contributed by atoms with Crippen molar-refractivity contribution in [3.8, 4) is 11.1 Å². The predicted molar refractivity (Wildman–Crippen MR) is 124 cm³/mol. The number of aromatic nitrogens is 2. The fourth-order valence-electron chi connectivity index (χ4n) is 4.84.